The predicted octanol–water partition coefficient (Wildman–Crippen LogP) is 1.14. The van der Waals surface area contributed by atoms with E-state index < -0.39 is 0 Å². The zero-order chi connectivity index (χ0) is 10.1. The van der Waals surface area contributed by atoms with Crippen molar-refractivity contribution in [1.82, 2.24) is 4.90 Å². The van der Waals surface area contributed by atoms with E-state index in [1.54, 1.807) is 11.0 Å². The molecule has 0 N–H and O–H groups in total. The summed E-state index contributed by atoms with van der Waals surface area (Å²) in [6.45, 7) is 0.828. The molecule has 3 nitrogen and oxygen atoms in total. The number of carbonyl (C=O) groups is 2. The van der Waals surface area contributed by atoms with Crippen molar-refractivity contribution in [1.29, 1.82) is 0 Å². The molecule has 1 fully saturated rings. The lowest BCUT2D eigenvalue weighted by molar-refractivity contribution is -0.128. The van der Waals surface area contributed by atoms with Gasteiger partial charge in [0.25, 0.3) is 0 Å². The summed E-state index contributed by atoms with van der Waals surface area (Å²) in [5, 5.41) is 0. The second kappa shape index (κ2) is 3.56. The highest BCUT2D eigenvalue weighted by molar-refractivity contribution is 5.93. The molecule has 2 aliphatic rings. The minimum absolute atomic E-state index is 0.00394. The van der Waals surface area contributed by atoms with Crippen LogP contribution in [0.2, 0.25) is 0 Å². The fourth-order valence-corrected chi connectivity index (χ4v) is 2.26. The Morgan fingerprint density at radius 1 is 1.36 bits per heavy atom. The fourth-order valence-electron chi connectivity index (χ4n) is 2.26. The van der Waals surface area contributed by atoms with Gasteiger partial charge in [-0.3, -0.25) is 9.59 Å². The van der Waals surface area contributed by atoms with Gasteiger partial charge in [-0.05, 0) is 25.3 Å². The molecule has 1 atom stereocenters. The minimum Gasteiger partial charge on any atom is -0.345 e. The number of allylic oxidation sites excluding steroid dienone is 1. The zero-order valence-corrected chi connectivity index (χ0v) is 8.45. The summed E-state index contributed by atoms with van der Waals surface area (Å²) >= 11 is 0. The van der Waals surface area contributed by atoms with Crippen LogP contribution in [0.15, 0.2) is 11.6 Å². The number of carbonyl (C=O) groups excluding carboxylic acids is 2. The first kappa shape index (κ1) is 9.44. The third-order valence-corrected chi connectivity index (χ3v) is 3.11. The van der Waals surface area contributed by atoms with Crippen LogP contribution in [0.3, 0.4) is 0 Å². The van der Waals surface area contributed by atoms with E-state index in [0.717, 1.165) is 31.4 Å². The van der Waals surface area contributed by atoms with Crippen LogP contribution in [0.25, 0.3) is 0 Å². The molecule has 3 heteroatoms. The molecule has 1 unspecified atom stereocenters. The van der Waals surface area contributed by atoms with Crippen LogP contribution in [0.1, 0.15) is 25.7 Å². The van der Waals surface area contributed by atoms with E-state index in [2.05, 4.69) is 0 Å². The Morgan fingerprint density at radius 3 is 2.71 bits per heavy atom. The van der Waals surface area contributed by atoms with Crippen molar-refractivity contribution in [2.45, 2.75) is 25.7 Å². The maximum absolute atomic E-state index is 11.7. The number of ketones is 1. The second-order valence-electron chi connectivity index (χ2n) is 4.14. The molecule has 1 aliphatic heterocycles. The summed E-state index contributed by atoms with van der Waals surface area (Å²) in [6.07, 6.45) is 5.08. The lowest BCUT2D eigenvalue weighted by Gasteiger charge is -2.17. The van der Waals surface area contributed by atoms with Gasteiger partial charge in [0.2, 0.25) is 5.91 Å². The van der Waals surface area contributed by atoms with Gasteiger partial charge < -0.3 is 4.90 Å². The van der Waals surface area contributed by atoms with Gasteiger partial charge in [-0.25, -0.2) is 0 Å². The van der Waals surface area contributed by atoms with E-state index in [4.69, 9.17) is 0 Å². The van der Waals surface area contributed by atoms with Gasteiger partial charge in [0.15, 0.2) is 5.78 Å². The molecule has 0 radical (unpaired) electrons. The van der Waals surface area contributed by atoms with E-state index in [1.807, 2.05) is 7.05 Å². The van der Waals surface area contributed by atoms with Crippen molar-refractivity contribution in [3.63, 3.8) is 0 Å². The first-order chi connectivity index (χ1) is 6.68. The molecule has 1 aliphatic carbocycles. The number of likely N-dealkylation sites (tertiary alicyclic amines) is 1. The Labute approximate surface area is 83.8 Å². The fraction of sp³-hybridized carbons (Fsp3) is 0.636. The quantitative estimate of drug-likeness (QED) is 0.626. The van der Waals surface area contributed by atoms with E-state index in [0.29, 0.717) is 6.42 Å². The maximum atomic E-state index is 11.7. The second-order valence-corrected chi connectivity index (χ2v) is 4.14. The first-order valence-electron chi connectivity index (χ1n) is 5.17. The average molecular weight is 193 g/mol. The topological polar surface area (TPSA) is 37.4 Å². The van der Waals surface area contributed by atoms with Crippen molar-refractivity contribution < 1.29 is 9.59 Å². The van der Waals surface area contributed by atoms with Crippen LogP contribution < -0.4 is 0 Å². The SMILES string of the molecule is CN1CCC(C2=CC(=O)CCC2)C1=O. The highest BCUT2D eigenvalue weighted by Crippen LogP contribution is 2.30. The zero-order valence-electron chi connectivity index (χ0n) is 8.45. The van der Waals surface area contributed by atoms with Crippen LogP contribution in [0.4, 0.5) is 0 Å². The maximum Gasteiger partial charge on any atom is 0.229 e. The van der Waals surface area contributed by atoms with Crippen molar-refractivity contribution in [2.24, 2.45) is 5.92 Å². The molecule has 0 aromatic heterocycles. The molecule has 0 saturated carbocycles. The van der Waals surface area contributed by atoms with E-state index >= 15 is 0 Å². The summed E-state index contributed by atoms with van der Waals surface area (Å²) < 4.78 is 0. The Bertz CT molecular complexity index is 306. The number of hydrogen-bond donors (Lipinski definition) is 0. The Morgan fingerprint density at radius 2 is 2.14 bits per heavy atom. The number of nitrogens with zero attached hydrogens (tertiary/aromatic N) is 1. The Balaban J connectivity index is 2.15. The van der Waals surface area contributed by atoms with Crippen molar-refractivity contribution in [2.75, 3.05) is 13.6 Å². The summed E-state index contributed by atoms with van der Waals surface area (Å²) in [4.78, 5) is 24.7. The molecular formula is C11H15NO2. The molecule has 1 amide bonds. The first-order valence-corrected chi connectivity index (χ1v) is 5.17. The summed E-state index contributed by atoms with van der Waals surface area (Å²) in [5.41, 5.74) is 1.07. The van der Waals surface area contributed by atoms with Gasteiger partial charge in [0, 0.05) is 20.0 Å². The molecule has 14 heavy (non-hydrogen) atoms. The minimum atomic E-state index is 0.00394. The molecule has 76 valence electrons. The van der Waals surface area contributed by atoms with Crippen LogP contribution in [0, 0.1) is 5.92 Å². The summed E-state index contributed by atoms with van der Waals surface area (Å²) in [5.74, 6) is 0.379. The standard InChI is InChI=1S/C11H15NO2/c1-12-6-5-10(11(12)14)8-3-2-4-9(13)7-8/h7,10H,2-6H2,1H3. The molecule has 0 aromatic carbocycles. The van der Waals surface area contributed by atoms with Crippen LogP contribution in [-0.4, -0.2) is 30.2 Å². The van der Waals surface area contributed by atoms with Gasteiger partial charge in [0.05, 0.1) is 5.92 Å². The summed E-state index contributed by atoms with van der Waals surface area (Å²) in [7, 11) is 1.83. The molecule has 2 rings (SSSR count). The number of hydrogen-bond acceptors (Lipinski definition) is 2. The van der Waals surface area contributed by atoms with E-state index in [9.17, 15) is 9.59 Å². The van der Waals surface area contributed by atoms with E-state index in [-0.39, 0.29) is 17.6 Å². The van der Waals surface area contributed by atoms with Crippen LogP contribution in [0.5, 0.6) is 0 Å². The molecule has 0 aromatic rings. The Kier molecular flexibility index (Phi) is 2.40. The highest BCUT2D eigenvalue weighted by atomic mass is 16.2. The monoisotopic (exact) mass is 193 g/mol. The molecule has 1 heterocycles. The van der Waals surface area contributed by atoms with Gasteiger partial charge in [0.1, 0.15) is 0 Å². The van der Waals surface area contributed by atoms with Gasteiger partial charge in [-0.15, -0.1) is 0 Å². The molecule has 0 spiro atoms. The summed E-state index contributed by atoms with van der Waals surface area (Å²) in [6, 6.07) is 0. The van der Waals surface area contributed by atoms with Crippen molar-refractivity contribution in [3.8, 4) is 0 Å². The smallest absolute Gasteiger partial charge is 0.229 e. The largest absolute Gasteiger partial charge is 0.345 e. The van der Waals surface area contributed by atoms with Crippen molar-refractivity contribution in [3.05, 3.63) is 11.6 Å². The number of rotatable bonds is 1. The lowest BCUT2D eigenvalue weighted by atomic mass is 9.88. The van der Waals surface area contributed by atoms with Gasteiger partial charge >= 0.3 is 0 Å². The van der Waals surface area contributed by atoms with E-state index in [1.165, 1.54) is 0 Å². The molecular weight excluding hydrogens is 178 g/mol. The lowest BCUT2D eigenvalue weighted by Crippen LogP contribution is -2.24. The third-order valence-electron chi connectivity index (χ3n) is 3.11. The van der Waals surface area contributed by atoms with Crippen molar-refractivity contribution >= 4 is 11.7 Å². The average Bonchev–Trinajstić information content (AvgIpc) is 2.48. The normalized spacial score (nSPS) is 28.2. The molecule has 1 saturated heterocycles. The molecule has 0 bridgehead atoms. The van der Waals surface area contributed by atoms with Crippen LogP contribution >= 0.6 is 0 Å². The Hall–Kier alpha value is -1.12. The third kappa shape index (κ3) is 1.59. The predicted molar refractivity (Wildman–Crippen MR) is 52.7 cm³/mol. The van der Waals surface area contributed by atoms with Crippen LogP contribution in [-0.2, 0) is 9.59 Å². The number of amides is 1. The highest BCUT2D eigenvalue weighted by Gasteiger charge is 2.32. The van der Waals surface area contributed by atoms with Gasteiger partial charge in [-0.2, -0.15) is 0 Å². The van der Waals surface area contributed by atoms with Gasteiger partial charge in [-0.1, -0.05) is 5.57 Å².